The number of halogens is 1. The first-order valence-corrected chi connectivity index (χ1v) is 20.4. The summed E-state index contributed by atoms with van der Waals surface area (Å²) in [4.78, 5) is 0. The molecule has 0 nitrogen and oxygen atoms in total. The minimum atomic E-state index is 0.904. The largest absolute Gasteiger partial charge is 0.0864 e. The number of alkyl halides is 1. The maximum Gasteiger partial charge on any atom is -0.000472 e. The van der Waals surface area contributed by atoms with Crippen LogP contribution in [0.4, 0.5) is 0 Å². The zero-order valence-electron chi connectivity index (χ0n) is 28.0. The molecule has 0 N–H and O–H groups in total. The van der Waals surface area contributed by atoms with Crippen LogP contribution in [0, 0.1) is 47.3 Å². The van der Waals surface area contributed by atoms with Crippen molar-refractivity contribution < 1.29 is 0 Å². The van der Waals surface area contributed by atoms with E-state index in [0.717, 1.165) is 47.3 Å². The van der Waals surface area contributed by atoms with Crippen molar-refractivity contribution in [3.05, 3.63) is 11.1 Å². The number of unbranched alkanes of at least 4 members (excludes halogenated alkanes) is 9. The van der Waals surface area contributed by atoms with Gasteiger partial charge < -0.3 is 0 Å². The Labute approximate surface area is 266 Å². The standard InChI is InChI=1S/C39H71I/c1-6-9-12-13-16-21-32-23-25-35-34(22-17-18-27-40)37-29-33(30(4)19-14-10-7-2)24-26-36(37)39(38(35)28-32)31(5)20-15-11-8-3/h30-34,36-37,39H,6-29H2,1-5H3. The Balaban J connectivity index is 1.83. The summed E-state index contributed by atoms with van der Waals surface area (Å²) in [7, 11) is 0. The van der Waals surface area contributed by atoms with Gasteiger partial charge in [0, 0.05) is 0 Å². The summed E-state index contributed by atoms with van der Waals surface area (Å²) >= 11 is 2.62. The number of fused-ring (bicyclic) bond motifs is 1. The van der Waals surface area contributed by atoms with Gasteiger partial charge in [0.1, 0.15) is 0 Å². The monoisotopic (exact) mass is 666 g/mol. The van der Waals surface area contributed by atoms with Gasteiger partial charge in [-0.15, -0.1) is 0 Å². The van der Waals surface area contributed by atoms with Crippen molar-refractivity contribution >= 4 is 22.6 Å². The van der Waals surface area contributed by atoms with Gasteiger partial charge in [-0.05, 0) is 103 Å². The maximum atomic E-state index is 2.70. The van der Waals surface area contributed by atoms with Gasteiger partial charge in [0.05, 0.1) is 0 Å². The second-order valence-corrected chi connectivity index (χ2v) is 16.1. The highest BCUT2D eigenvalue weighted by Crippen LogP contribution is 2.59. The van der Waals surface area contributed by atoms with Crippen molar-refractivity contribution in [2.24, 2.45) is 47.3 Å². The molecule has 0 aliphatic heterocycles. The summed E-state index contributed by atoms with van der Waals surface area (Å²) in [6.45, 7) is 12.4. The molecule has 3 aliphatic rings. The third kappa shape index (κ3) is 10.3. The van der Waals surface area contributed by atoms with E-state index in [0.29, 0.717) is 0 Å². The molecular weight excluding hydrogens is 595 g/mol. The van der Waals surface area contributed by atoms with E-state index in [1.54, 1.807) is 12.8 Å². The highest BCUT2D eigenvalue weighted by Gasteiger charge is 2.49. The number of rotatable bonds is 20. The third-order valence-corrected chi connectivity index (χ3v) is 12.9. The van der Waals surface area contributed by atoms with Gasteiger partial charge in [0.25, 0.3) is 0 Å². The van der Waals surface area contributed by atoms with Crippen LogP contribution in [-0.2, 0) is 0 Å². The van der Waals surface area contributed by atoms with E-state index < -0.39 is 0 Å². The van der Waals surface area contributed by atoms with Crippen LogP contribution in [0.5, 0.6) is 0 Å². The molecule has 1 heteroatoms. The molecule has 234 valence electrons. The van der Waals surface area contributed by atoms with Gasteiger partial charge in [0.15, 0.2) is 0 Å². The number of hydrogen-bond donors (Lipinski definition) is 0. The predicted octanol–water partition coefficient (Wildman–Crippen LogP) is 13.8. The minimum absolute atomic E-state index is 0.904. The van der Waals surface area contributed by atoms with E-state index in [2.05, 4.69) is 68.4 Å². The van der Waals surface area contributed by atoms with E-state index in [9.17, 15) is 0 Å². The highest BCUT2D eigenvalue weighted by atomic mass is 127. The highest BCUT2D eigenvalue weighted by molar-refractivity contribution is 14.1. The van der Waals surface area contributed by atoms with Gasteiger partial charge in [-0.25, -0.2) is 0 Å². The van der Waals surface area contributed by atoms with Crippen molar-refractivity contribution in [3.63, 3.8) is 0 Å². The Kier molecular flexibility index (Phi) is 17.2. The fourth-order valence-electron chi connectivity index (χ4n) is 9.79. The van der Waals surface area contributed by atoms with Crippen LogP contribution in [-0.4, -0.2) is 4.43 Å². The molecule has 40 heavy (non-hydrogen) atoms. The van der Waals surface area contributed by atoms with Crippen molar-refractivity contribution in [3.8, 4) is 0 Å². The summed E-state index contributed by atoms with van der Waals surface area (Å²) in [6.07, 6.45) is 33.9. The van der Waals surface area contributed by atoms with Gasteiger partial charge in [0.2, 0.25) is 0 Å². The van der Waals surface area contributed by atoms with Crippen LogP contribution in [0.2, 0.25) is 0 Å². The van der Waals surface area contributed by atoms with Gasteiger partial charge in [-0.1, -0.05) is 165 Å². The zero-order valence-corrected chi connectivity index (χ0v) is 30.1. The van der Waals surface area contributed by atoms with Crippen LogP contribution in [0.3, 0.4) is 0 Å². The Morgan fingerprint density at radius 3 is 2.00 bits per heavy atom. The lowest BCUT2D eigenvalue weighted by molar-refractivity contribution is 0.0322. The molecule has 0 heterocycles. The summed E-state index contributed by atoms with van der Waals surface area (Å²) in [5.74, 6) is 7.72. The number of allylic oxidation sites excluding steroid dienone is 2. The first-order chi connectivity index (χ1) is 19.5. The molecule has 0 aromatic rings. The molecule has 0 saturated heterocycles. The Bertz CT molecular complexity index is 693. The molecule has 0 radical (unpaired) electrons. The van der Waals surface area contributed by atoms with E-state index in [4.69, 9.17) is 0 Å². The molecule has 0 spiro atoms. The Morgan fingerprint density at radius 2 is 1.30 bits per heavy atom. The maximum absolute atomic E-state index is 2.70. The molecule has 1 fully saturated rings. The summed E-state index contributed by atoms with van der Waals surface area (Å²) < 4.78 is 1.35. The fourth-order valence-corrected chi connectivity index (χ4v) is 10.3. The molecular formula is C39H71I. The average molecular weight is 667 g/mol. The second kappa shape index (κ2) is 19.7. The van der Waals surface area contributed by atoms with Crippen molar-refractivity contribution in [2.45, 2.75) is 182 Å². The van der Waals surface area contributed by atoms with Crippen molar-refractivity contribution in [1.82, 2.24) is 0 Å². The molecule has 3 rings (SSSR count). The molecule has 0 amide bonds. The predicted molar refractivity (Wildman–Crippen MR) is 188 cm³/mol. The van der Waals surface area contributed by atoms with Crippen molar-refractivity contribution in [2.75, 3.05) is 4.43 Å². The molecule has 0 aromatic heterocycles. The summed E-state index contributed by atoms with van der Waals surface area (Å²) in [6, 6.07) is 0. The van der Waals surface area contributed by atoms with E-state index in [-0.39, 0.29) is 0 Å². The van der Waals surface area contributed by atoms with Crippen LogP contribution in [0.15, 0.2) is 11.1 Å². The van der Waals surface area contributed by atoms with Crippen LogP contribution in [0.1, 0.15) is 182 Å². The summed E-state index contributed by atoms with van der Waals surface area (Å²) in [5, 5.41) is 0. The normalized spacial score (nSPS) is 30.1. The lowest BCUT2D eigenvalue weighted by Crippen LogP contribution is -2.45. The Morgan fingerprint density at radius 1 is 0.650 bits per heavy atom. The molecule has 0 bridgehead atoms. The van der Waals surface area contributed by atoms with Gasteiger partial charge in [-0.3, -0.25) is 0 Å². The lowest BCUT2D eigenvalue weighted by Gasteiger charge is -2.54. The van der Waals surface area contributed by atoms with E-state index >= 15 is 0 Å². The zero-order chi connectivity index (χ0) is 28.7. The SMILES string of the molecule is CCCCCCCC1CCC2=C(C1)C(C(C)CCCCC)C1CCC(C(C)CCCCC)CC1C2CCCCI. The van der Waals surface area contributed by atoms with Crippen LogP contribution in [0.25, 0.3) is 0 Å². The average Bonchev–Trinajstić information content (AvgIpc) is 2.96. The lowest BCUT2D eigenvalue weighted by atomic mass is 9.51. The minimum Gasteiger partial charge on any atom is -0.0864 e. The topological polar surface area (TPSA) is 0 Å². The Hall–Kier alpha value is 0.470. The summed E-state index contributed by atoms with van der Waals surface area (Å²) in [5.41, 5.74) is 4.13. The van der Waals surface area contributed by atoms with E-state index in [1.807, 2.05) is 0 Å². The van der Waals surface area contributed by atoms with Crippen LogP contribution < -0.4 is 0 Å². The van der Waals surface area contributed by atoms with Gasteiger partial charge >= 0.3 is 0 Å². The number of hydrogen-bond acceptors (Lipinski definition) is 0. The third-order valence-electron chi connectivity index (χ3n) is 12.1. The first kappa shape index (κ1) is 35.0. The van der Waals surface area contributed by atoms with Gasteiger partial charge in [-0.2, -0.15) is 0 Å². The molecule has 3 aliphatic carbocycles. The fraction of sp³-hybridized carbons (Fsp3) is 0.949. The first-order valence-electron chi connectivity index (χ1n) is 18.8. The van der Waals surface area contributed by atoms with E-state index in [1.165, 1.54) is 139 Å². The molecule has 0 aromatic carbocycles. The second-order valence-electron chi connectivity index (χ2n) is 15.0. The quantitative estimate of drug-likeness (QED) is 0.0525. The van der Waals surface area contributed by atoms with Crippen LogP contribution >= 0.6 is 22.6 Å². The smallest absolute Gasteiger partial charge is 0.000472 e. The van der Waals surface area contributed by atoms with Crippen molar-refractivity contribution in [1.29, 1.82) is 0 Å². The molecule has 8 unspecified atom stereocenters. The molecule has 8 atom stereocenters. The molecule has 1 saturated carbocycles.